The number of aromatic nitrogens is 2. The summed E-state index contributed by atoms with van der Waals surface area (Å²) >= 11 is 0. The first-order valence-corrected chi connectivity index (χ1v) is 8.60. The van der Waals surface area contributed by atoms with Crippen molar-refractivity contribution >= 4 is 5.91 Å². The van der Waals surface area contributed by atoms with Gasteiger partial charge in [-0.1, -0.05) is 17.7 Å². The lowest BCUT2D eigenvalue weighted by atomic mass is 10.1. The normalized spacial score (nSPS) is 13.8. The van der Waals surface area contributed by atoms with E-state index in [-0.39, 0.29) is 5.91 Å². The standard InChI is InChI=1S/C20H21N3O2/c1-13-5-9-16(10-6-13)23-14(2)18(19(22-23)15-7-8-15)20(24)21-12-17-4-3-11-25-17/h3-6,9-11,15H,7-8,12H2,1-2H3,(H,21,24). The molecule has 1 aliphatic carbocycles. The monoisotopic (exact) mass is 335 g/mol. The van der Waals surface area contributed by atoms with Crippen LogP contribution in [0.4, 0.5) is 0 Å². The molecule has 5 heteroatoms. The van der Waals surface area contributed by atoms with Crippen LogP contribution in [0.5, 0.6) is 0 Å². The van der Waals surface area contributed by atoms with Crippen molar-refractivity contribution in [3.05, 3.63) is 70.9 Å². The third kappa shape index (κ3) is 3.09. The Morgan fingerprint density at radius 2 is 2.00 bits per heavy atom. The highest BCUT2D eigenvalue weighted by Gasteiger charge is 2.33. The Morgan fingerprint density at radius 3 is 2.64 bits per heavy atom. The molecule has 1 N–H and O–H groups in total. The van der Waals surface area contributed by atoms with Gasteiger partial charge in [-0.05, 0) is 51.0 Å². The number of benzene rings is 1. The van der Waals surface area contributed by atoms with Gasteiger partial charge >= 0.3 is 0 Å². The van der Waals surface area contributed by atoms with Crippen LogP contribution in [0.2, 0.25) is 0 Å². The molecule has 1 fully saturated rings. The van der Waals surface area contributed by atoms with E-state index in [0.29, 0.717) is 18.0 Å². The van der Waals surface area contributed by atoms with Gasteiger partial charge in [-0.2, -0.15) is 5.10 Å². The first kappa shape index (κ1) is 15.7. The van der Waals surface area contributed by atoms with Gasteiger partial charge in [-0.15, -0.1) is 0 Å². The Morgan fingerprint density at radius 1 is 1.24 bits per heavy atom. The smallest absolute Gasteiger partial charge is 0.255 e. The molecular weight excluding hydrogens is 314 g/mol. The number of amides is 1. The summed E-state index contributed by atoms with van der Waals surface area (Å²) in [5, 5.41) is 7.72. The van der Waals surface area contributed by atoms with Gasteiger partial charge in [0.05, 0.1) is 35.4 Å². The van der Waals surface area contributed by atoms with Gasteiger partial charge in [-0.25, -0.2) is 4.68 Å². The van der Waals surface area contributed by atoms with Gasteiger partial charge in [-0.3, -0.25) is 4.79 Å². The second-order valence-electron chi connectivity index (χ2n) is 6.63. The lowest BCUT2D eigenvalue weighted by molar-refractivity contribution is 0.0946. The van der Waals surface area contributed by atoms with E-state index in [9.17, 15) is 4.79 Å². The van der Waals surface area contributed by atoms with E-state index in [1.54, 1.807) is 6.26 Å². The average Bonchev–Trinajstić information content (AvgIpc) is 3.21. The van der Waals surface area contributed by atoms with Crippen molar-refractivity contribution in [2.45, 2.75) is 39.2 Å². The molecule has 0 saturated heterocycles. The van der Waals surface area contributed by atoms with E-state index in [1.165, 1.54) is 5.56 Å². The predicted octanol–water partition coefficient (Wildman–Crippen LogP) is 3.89. The maximum absolute atomic E-state index is 12.8. The molecule has 0 atom stereocenters. The largest absolute Gasteiger partial charge is 0.467 e. The third-order valence-electron chi connectivity index (χ3n) is 4.62. The summed E-state index contributed by atoms with van der Waals surface area (Å²) in [5.41, 5.74) is 4.68. The minimum Gasteiger partial charge on any atom is -0.467 e. The summed E-state index contributed by atoms with van der Waals surface area (Å²) in [6.07, 6.45) is 3.81. The molecule has 1 aromatic carbocycles. The number of hydrogen-bond donors (Lipinski definition) is 1. The van der Waals surface area contributed by atoms with Crippen molar-refractivity contribution in [3.8, 4) is 5.69 Å². The second-order valence-corrected chi connectivity index (χ2v) is 6.63. The Labute approximate surface area is 146 Å². The number of nitrogens with one attached hydrogen (secondary N) is 1. The minimum atomic E-state index is -0.0887. The SMILES string of the molecule is Cc1ccc(-n2nc(C3CC3)c(C(=O)NCc3ccco3)c2C)cc1. The molecule has 0 bridgehead atoms. The summed E-state index contributed by atoms with van der Waals surface area (Å²) < 4.78 is 7.17. The topological polar surface area (TPSA) is 60.1 Å². The summed E-state index contributed by atoms with van der Waals surface area (Å²) in [4.78, 5) is 12.8. The van der Waals surface area contributed by atoms with Gasteiger partial charge in [0.25, 0.3) is 5.91 Å². The van der Waals surface area contributed by atoms with E-state index < -0.39 is 0 Å². The Hall–Kier alpha value is -2.82. The number of aryl methyl sites for hydroxylation is 1. The average molecular weight is 335 g/mol. The molecule has 0 unspecified atom stereocenters. The predicted molar refractivity (Wildman–Crippen MR) is 94.9 cm³/mol. The molecule has 2 aromatic heterocycles. The Balaban J connectivity index is 1.66. The zero-order chi connectivity index (χ0) is 17.4. The fourth-order valence-electron chi connectivity index (χ4n) is 3.05. The second kappa shape index (κ2) is 6.24. The van der Waals surface area contributed by atoms with Crippen LogP contribution in [0.3, 0.4) is 0 Å². The maximum atomic E-state index is 12.8. The summed E-state index contributed by atoms with van der Waals surface area (Å²) in [6.45, 7) is 4.40. The fourth-order valence-corrected chi connectivity index (χ4v) is 3.05. The number of rotatable bonds is 5. The Kier molecular flexibility index (Phi) is 3.92. The number of furan rings is 1. The molecule has 1 aliphatic rings. The minimum absolute atomic E-state index is 0.0887. The molecule has 0 aliphatic heterocycles. The zero-order valence-electron chi connectivity index (χ0n) is 14.5. The number of hydrogen-bond acceptors (Lipinski definition) is 3. The highest BCUT2D eigenvalue weighted by molar-refractivity contribution is 5.96. The van der Waals surface area contributed by atoms with Crippen LogP contribution in [0, 0.1) is 13.8 Å². The molecule has 0 spiro atoms. The highest BCUT2D eigenvalue weighted by Crippen LogP contribution is 2.42. The van der Waals surface area contributed by atoms with E-state index in [2.05, 4.69) is 24.4 Å². The fraction of sp³-hybridized carbons (Fsp3) is 0.300. The van der Waals surface area contributed by atoms with Crippen LogP contribution < -0.4 is 5.32 Å². The zero-order valence-corrected chi connectivity index (χ0v) is 14.5. The van der Waals surface area contributed by atoms with Crippen LogP contribution in [-0.4, -0.2) is 15.7 Å². The molecule has 0 radical (unpaired) electrons. The quantitative estimate of drug-likeness (QED) is 0.769. The first-order valence-electron chi connectivity index (χ1n) is 8.60. The molecule has 25 heavy (non-hydrogen) atoms. The third-order valence-corrected chi connectivity index (χ3v) is 4.62. The molecule has 128 valence electrons. The number of carbonyl (C=O) groups is 1. The summed E-state index contributed by atoms with van der Waals surface area (Å²) in [6, 6.07) is 11.9. The molecule has 4 rings (SSSR count). The maximum Gasteiger partial charge on any atom is 0.255 e. The first-order chi connectivity index (χ1) is 12.1. The molecule has 3 aromatic rings. The molecule has 2 heterocycles. The number of carbonyl (C=O) groups excluding carboxylic acids is 1. The Bertz CT molecular complexity index is 888. The number of nitrogens with zero attached hydrogens (tertiary/aromatic N) is 2. The van der Waals surface area contributed by atoms with Crippen LogP contribution in [0.15, 0.2) is 47.1 Å². The van der Waals surface area contributed by atoms with E-state index in [0.717, 1.165) is 35.7 Å². The van der Waals surface area contributed by atoms with Gasteiger partial charge in [0.2, 0.25) is 0 Å². The molecule has 1 saturated carbocycles. The van der Waals surface area contributed by atoms with Gasteiger partial charge < -0.3 is 9.73 Å². The van der Waals surface area contributed by atoms with Gasteiger partial charge in [0, 0.05) is 5.92 Å². The van der Waals surface area contributed by atoms with E-state index >= 15 is 0 Å². The van der Waals surface area contributed by atoms with Crippen LogP contribution in [0.1, 0.15) is 51.8 Å². The lowest BCUT2D eigenvalue weighted by Gasteiger charge is -2.06. The lowest BCUT2D eigenvalue weighted by Crippen LogP contribution is -2.24. The van der Waals surface area contributed by atoms with E-state index in [1.807, 2.05) is 35.9 Å². The van der Waals surface area contributed by atoms with Crippen LogP contribution in [-0.2, 0) is 6.54 Å². The van der Waals surface area contributed by atoms with Crippen molar-refractivity contribution in [2.24, 2.45) is 0 Å². The molecular formula is C20H21N3O2. The molecule has 1 amide bonds. The van der Waals surface area contributed by atoms with Crippen molar-refractivity contribution < 1.29 is 9.21 Å². The van der Waals surface area contributed by atoms with Crippen LogP contribution >= 0.6 is 0 Å². The van der Waals surface area contributed by atoms with Crippen molar-refractivity contribution in [1.82, 2.24) is 15.1 Å². The van der Waals surface area contributed by atoms with Crippen LogP contribution in [0.25, 0.3) is 5.69 Å². The van der Waals surface area contributed by atoms with Crippen molar-refractivity contribution in [1.29, 1.82) is 0 Å². The van der Waals surface area contributed by atoms with E-state index in [4.69, 9.17) is 9.52 Å². The summed E-state index contributed by atoms with van der Waals surface area (Å²) in [7, 11) is 0. The van der Waals surface area contributed by atoms with Crippen molar-refractivity contribution in [2.75, 3.05) is 0 Å². The molecule has 5 nitrogen and oxygen atoms in total. The summed E-state index contributed by atoms with van der Waals surface area (Å²) in [5.74, 6) is 1.05. The van der Waals surface area contributed by atoms with Gasteiger partial charge in [0.15, 0.2) is 0 Å². The highest BCUT2D eigenvalue weighted by atomic mass is 16.3. The van der Waals surface area contributed by atoms with Gasteiger partial charge in [0.1, 0.15) is 5.76 Å². The van der Waals surface area contributed by atoms with Crippen molar-refractivity contribution in [3.63, 3.8) is 0 Å².